The van der Waals surface area contributed by atoms with Crippen LogP contribution in [-0.2, 0) is 18.9 Å². The van der Waals surface area contributed by atoms with Gasteiger partial charge in [-0.2, -0.15) is 0 Å². The van der Waals surface area contributed by atoms with Gasteiger partial charge in [0.25, 0.3) is 0 Å². The van der Waals surface area contributed by atoms with E-state index < -0.39 is 0 Å². The van der Waals surface area contributed by atoms with Crippen LogP contribution in [0.25, 0.3) is 90.9 Å². The Morgan fingerprint density at radius 1 is 0.294 bits per heavy atom. The van der Waals surface area contributed by atoms with Gasteiger partial charge in [0.15, 0.2) is 0 Å². The van der Waals surface area contributed by atoms with Crippen molar-refractivity contribution in [3.8, 4) is 67.5 Å². The third-order valence-corrected chi connectivity index (χ3v) is 11.6. The first-order chi connectivity index (χ1) is 33.5. The lowest BCUT2D eigenvalue weighted by Crippen LogP contribution is -2.04. The number of rotatable bonds is 20. The molecule has 0 saturated heterocycles. The minimum absolute atomic E-state index is 0.450. The largest absolute Gasteiger partial charge is 0.491 e. The Bertz CT molecular complexity index is 2640. The van der Waals surface area contributed by atoms with Gasteiger partial charge in [0.2, 0.25) is 0 Å². The fourth-order valence-corrected chi connectivity index (χ4v) is 8.26. The summed E-state index contributed by atoms with van der Waals surface area (Å²) < 4.78 is 44.8. The van der Waals surface area contributed by atoms with E-state index in [1.165, 1.54) is 0 Å². The van der Waals surface area contributed by atoms with Gasteiger partial charge in [-0.3, -0.25) is 0 Å². The zero-order chi connectivity index (χ0) is 46.7. The van der Waals surface area contributed by atoms with E-state index in [2.05, 4.69) is 107 Å². The Kier molecular flexibility index (Phi) is 14.7. The topological polar surface area (TPSA) is 131 Å². The van der Waals surface area contributed by atoms with Gasteiger partial charge < -0.3 is 47.9 Å². The lowest BCUT2D eigenvalue weighted by atomic mass is 10.0. The number of nitrogens with zero attached hydrogens (tertiary/aromatic N) is 2. The van der Waals surface area contributed by atoms with Gasteiger partial charge >= 0.3 is 0 Å². The number of benzene rings is 4. The Morgan fingerprint density at radius 3 is 0.721 bits per heavy atom. The third-order valence-electron chi connectivity index (χ3n) is 11.6. The van der Waals surface area contributed by atoms with Crippen LogP contribution in [0.3, 0.4) is 0 Å². The van der Waals surface area contributed by atoms with E-state index in [1.807, 2.05) is 48.5 Å². The van der Waals surface area contributed by atoms with Crippen molar-refractivity contribution in [2.45, 2.75) is 0 Å². The summed E-state index contributed by atoms with van der Waals surface area (Å²) in [6.45, 7) is 3.78. The van der Waals surface area contributed by atoms with Crippen LogP contribution in [-0.4, -0.2) is 101 Å². The molecule has 0 spiro atoms. The van der Waals surface area contributed by atoms with Gasteiger partial charge in [0, 0.05) is 72.8 Å². The average molecular weight is 911 g/mol. The normalized spacial score (nSPS) is 11.8. The number of methoxy groups -OCH3 is 4. The first-order valence-electron chi connectivity index (χ1n) is 22.6. The zero-order valence-electron chi connectivity index (χ0n) is 38.7. The smallest absolute Gasteiger partial charge is 0.119 e. The molecule has 0 fully saturated rings. The number of aromatic amines is 2. The van der Waals surface area contributed by atoms with Gasteiger partial charge in [-0.15, -0.1) is 0 Å². The monoisotopic (exact) mass is 910 g/mol. The Balaban J connectivity index is 1.31. The predicted molar refractivity (Wildman–Crippen MR) is 270 cm³/mol. The number of hydrogen-bond acceptors (Lipinski definition) is 10. The van der Waals surface area contributed by atoms with E-state index in [4.69, 9.17) is 47.9 Å². The lowest BCUT2D eigenvalue weighted by Gasteiger charge is -2.10. The molecule has 0 saturated carbocycles. The highest BCUT2D eigenvalue weighted by Gasteiger charge is 2.20. The van der Waals surface area contributed by atoms with Crippen LogP contribution in [0, 0.1) is 0 Å². The van der Waals surface area contributed by atoms with Crippen molar-refractivity contribution in [3.63, 3.8) is 0 Å². The minimum Gasteiger partial charge on any atom is -0.491 e. The molecule has 2 aliphatic heterocycles. The second-order valence-electron chi connectivity index (χ2n) is 16.0. The number of ether oxygens (including phenoxy) is 8. The van der Waals surface area contributed by atoms with E-state index in [-0.39, 0.29) is 0 Å². The van der Waals surface area contributed by atoms with Gasteiger partial charge in [-0.05, 0) is 119 Å². The molecule has 0 unspecified atom stereocenters. The predicted octanol–water partition coefficient (Wildman–Crippen LogP) is 11.4. The summed E-state index contributed by atoms with van der Waals surface area (Å²) in [4.78, 5) is 18.6. The first-order valence-corrected chi connectivity index (χ1v) is 22.6. The first kappa shape index (κ1) is 45.7. The molecule has 12 heteroatoms. The fourth-order valence-electron chi connectivity index (χ4n) is 8.26. The van der Waals surface area contributed by atoms with Gasteiger partial charge in [-0.25, -0.2) is 9.97 Å². The lowest BCUT2D eigenvalue weighted by molar-refractivity contribution is 0.146. The summed E-state index contributed by atoms with van der Waals surface area (Å²) in [5.74, 6) is 3.01. The maximum Gasteiger partial charge on any atom is 0.119 e. The van der Waals surface area contributed by atoms with Gasteiger partial charge in [0.1, 0.15) is 49.4 Å². The maximum absolute atomic E-state index is 5.97. The van der Waals surface area contributed by atoms with Crippen molar-refractivity contribution >= 4 is 46.4 Å². The number of aromatic nitrogens is 4. The Hall–Kier alpha value is -7.48. The molecular formula is C56H54N4O8. The minimum atomic E-state index is 0.450. The summed E-state index contributed by atoms with van der Waals surface area (Å²) in [5, 5.41) is 0. The highest BCUT2D eigenvalue weighted by atomic mass is 16.5. The molecule has 5 heterocycles. The van der Waals surface area contributed by atoms with E-state index in [9.17, 15) is 0 Å². The number of H-pyrrole nitrogens is 2. The van der Waals surface area contributed by atoms with Crippen LogP contribution < -0.4 is 18.9 Å². The Morgan fingerprint density at radius 2 is 0.515 bits per heavy atom. The van der Waals surface area contributed by atoms with E-state index in [0.717, 1.165) is 112 Å². The van der Waals surface area contributed by atoms with Crippen molar-refractivity contribution < 1.29 is 37.9 Å². The van der Waals surface area contributed by atoms with E-state index in [1.54, 1.807) is 28.4 Å². The van der Waals surface area contributed by atoms with E-state index in [0.29, 0.717) is 52.9 Å². The summed E-state index contributed by atoms with van der Waals surface area (Å²) in [7, 11) is 6.66. The SMILES string of the molecule is COCCOc1ccc(-c2c3nc(c(-c4ccc(OCCOC)cc4)c4ccc([nH]4)c(-c4ccc(OCCOC)cc4)c4nc(c(-c5ccc(OCCOC)cc5)c5ccc2[nH]5)C=C4)C=C3)cc1. The molecular weight excluding hydrogens is 857 g/mol. The van der Waals surface area contributed by atoms with Crippen LogP contribution in [0.5, 0.6) is 23.0 Å². The van der Waals surface area contributed by atoms with Crippen LogP contribution in [0.15, 0.2) is 121 Å². The molecule has 2 aliphatic rings. The van der Waals surface area contributed by atoms with Crippen molar-refractivity contribution in [1.82, 2.24) is 19.9 Å². The molecule has 2 N–H and O–H groups in total. The van der Waals surface area contributed by atoms with Gasteiger partial charge in [0.05, 0.1) is 49.2 Å². The maximum atomic E-state index is 5.97. The van der Waals surface area contributed by atoms with Crippen LogP contribution in [0.2, 0.25) is 0 Å². The fraction of sp³-hybridized carbons (Fsp3) is 0.214. The summed E-state index contributed by atoms with van der Waals surface area (Å²) >= 11 is 0. The number of nitrogens with one attached hydrogen (secondary N) is 2. The molecule has 4 aromatic carbocycles. The molecule has 68 heavy (non-hydrogen) atoms. The standard InChI is InChI=1S/C56H54N4O8/c1-61-29-33-65-41-13-5-37(6-14-41)53-45-21-23-47(57-45)54(38-7-15-42(16-8-38)66-34-30-62-2)49-25-27-51(59-49)56(40-11-19-44(20-12-40)68-36-32-64-4)52-28-26-50(60-52)55(48-24-22-46(53)58-48)39-9-17-43(18-10-39)67-35-31-63-3/h5-28,57,60H,29-36H2,1-4H3. The van der Waals surface area contributed by atoms with Gasteiger partial charge in [-0.1, -0.05) is 48.5 Å². The van der Waals surface area contributed by atoms with Crippen molar-refractivity contribution in [1.29, 1.82) is 0 Å². The Labute approximate surface area is 395 Å². The molecule has 12 nitrogen and oxygen atoms in total. The second kappa shape index (κ2) is 21.9. The number of fused-ring (bicyclic) bond motifs is 8. The van der Waals surface area contributed by atoms with Crippen LogP contribution in [0.1, 0.15) is 22.8 Å². The summed E-state index contributed by atoms with van der Waals surface area (Å²) in [5.41, 5.74) is 14.3. The van der Waals surface area contributed by atoms with Crippen molar-refractivity contribution in [2.75, 3.05) is 81.3 Å². The molecule has 0 amide bonds. The molecule has 7 aromatic rings. The molecule has 3 aromatic heterocycles. The van der Waals surface area contributed by atoms with Crippen LogP contribution >= 0.6 is 0 Å². The third kappa shape index (κ3) is 10.4. The average Bonchev–Trinajstić information content (AvgIpc) is 4.23. The highest BCUT2D eigenvalue weighted by Crippen LogP contribution is 2.39. The highest BCUT2D eigenvalue weighted by molar-refractivity contribution is 6.00. The molecule has 0 atom stereocenters. The summed E-state index contributed by atoms with van der Waals surface area (Å²) in [6, 6.07) is 40.9. The summed E-state index contributed by atoms with van der Waals surface area (Å²) in [6.07, 6.45) is 8.35. The molecule has 0 aliphatic carbocycles. The van der Waals surface area contributed by atoms with Crippen LogP contribution in [0.4, 0.5) is 0 Å². The zero-order valence-corrected chi connectivity index (χ0v) is 38.7. The van der Waals surface area contributed by atoms with E-state index >= 15 is 0 Å². The molecule has 9 rings (SSSR count). The molecule has 0 radical (unpaired) electrons. The number of hydrogen-bond donors (Lipinski definition) is 2. The van der Waals surface area contributed by atoms with Crippen molar-refractivity contribution in [3.05, 3.63) is 144 Å². The second-order valence-corrected chi connectivity index (χ2v) is 16.0. The molecule has 346 valence electrons. The van der Waals surface area contributed by atoms with Crippen molar-refractivity contribution in [2.24, 2.45) is 0 Å². The quantitative estimate of drug-likeness (QED) is 0.0713. The molecule has 8 bridgehead atoms.